The molecule has 0 fully saturated rings. The van der Waals surface area contributed by atoms with Gasteiger partial charge in [0.15, 0.2) is 0 Å². The predicted molar refractivity (Wildman–Crippen MR) is 77.8 cm³/mol. The molecule has 0 unspecified atom stereocenters. The number of hydrogen-bond acceptors (Lipinski definition) is 4. The van der Waals surface area contributed by atoms with Gasteiger partial charge in [0.25, 0.3) is 10.0 Å². The van der Waals surface area contributed by atoms with E-state index < -0.39 is 10.0 Å². The van der Waals surface area contributed by atoms with Crippen LogP contribution in [0.1, 0.15) is 5.56 Å². The Hall–Kier alpha value is -1.79. The fourth-order valence-electron chi connectivity index (χ4n) is 1.63. The van der Waals surface area contributed by atoms with Crippen LogP contribution in [0.25, 0.3) is 0 Å². The van der Waals surface area contributed by atoms with Gasteiger partial charge >= 0.3 is 0 Å². The summed E-state index contributed by atoms with van der Waals surface area (Å²) in [6.07, 6.45) is 1.37. The van der Waals surface area contributed by atoms with Crippen molar-refractivity contribution < 1.29 is 13.2 Å². The number of halogens is 1. The molecular formula is C13H13ClN2O3S. The van der Waals surface area contributed by atoms with Crippen molar-refractivity contribution in [3.63, 3.8) is 0 Å². The largest absolute Gasteiger partial charge is 0.495 e. The molecule has 2 rings (SSSR count). The summed E-state index contributed by atoms with van der Waals surface area (Å²) in [4.78, 5) is 3.96. The number of aromatic nitrogens is 1. The number of rotatable bonds is 4. The topological polar surface area (TPSA) is 68.3 Å². The third kappa shape index (κ3) is 3.20. The Morgan fingerprint density at radius 3 is 2.60 bits per heavy atom. The van der Waals surface area contributed by atoms with Gasteiger partial charge in [-0.3, -0.25) is 4.72 Å². The molecular weight excluding hydrogens is 300 g/mol. The maximum Gasteiger partial charge on any atom is 0.266 e. The van der Waals surface area contributed by atoms with Crippen LogP contribution in [-0.4, -0.2) is 20.5 Å². The third-order valence-corrected chi connectivity index (χ3v) is 4.19. The Bertz CT molecular complexity index is 715. The van der Waals surface area contributed by atoms with Crippen LogP contribution >= 0.6 is 11.6 Å². The summed E-state index contributed by atoms with van der Waals surface area (Å²) in [5, 5.41) is 0.431. The van der Waals surface area contributed by atoms with Gasteiger partial charge in [0.2, 0.25) is 0 Å². The van der Waals surface area contributed by atoms with Crippen LogP contribution in [0.4, 0.5) is 5.82 Å². The van der Waals surface area contributed by atoms with Gasteiger partial charge < -0.3 is 4.74 Å². The molecule has 0 amide bonds. The van der Waals surface area contributed by atoms with Crippen molar-refractivity contribution in [3.05, 3.63) is 47.1 Å². The maximum atomic E-state index is 12.3. The van der Waals surface area contributed by atoms with Crippen molar-refractivity contribution in [2.45, 2.75) is 11.8 Å². The summed E-state index contributed by atoms with van der Waals surface area (Å²) in [5.41, 5.74) is 0.908. The molecule has 0 saturated heterocycles. The van der Waals surface area contributed by atoms with E-state index in [4.69, 9.17) is 16.3 Å². The summed E-state index contributed by atoms with van der Waals surface area (Å²) in [7, 11) is -2.34. The summed E-state index contributed by atoms with van der Waals surface area (Å²) < 4.78 is 32.1. The van der Waals surface area contributed by atoms with Gasteiger partial charge in [-0.05, 0) is 36.8 Å². The molecule has 0 saturated carbocycles. The van der Waals surface area contributed by atoms with Crippen molar-refractivity contribution in [3.8, 4) is 5.75 Å². The maximum absolute atomic E-state index is 12.3. The first-order valence-electron chi connectivity index (χ1n) is 5.71. The second-order valence-electron chi connectivity index (χ2n) is 4.12. The number of anilines is 1. The number of sulfonamides is 1. The van der Waals surface area contributed by atoms with Gasteiger partial charge in [-0.25, -0.2) is 13.4 Å². The predicted octanol–water partition coefficient (Wildman–Crippen LogP) is 2.85. The Morgan fingerprint density at radius 1 is 1.25 bits per heavy atom. The smallest absolute Gasteiger partial charge is 0.266 e. The fourth-order valence-corrected chi connectivity index (χ4v) is 2.90. The SMILES string of the molecule is COc1cc(C)ccc1S(=O)(=O)Nc1ccc(Cl)cn1. The lowest BCUT2D eigenvalue weighted by Crippen LogP contribution is -2.15. The molecule has 2 aromatic rings. The van der Waals surface area contributed by atoms with Crippen LogP contribution < -0.4 is 9.46 Å². The summed E-state index contributed by atoms with van der Waals surface area (Å²) in [6, 6.07) is 7.89. The Labute approximate surface area is 122 Å². The van der Waals surface area contributed by atoms with Crippen LogP contribution in [-0.2, 0) is 10.0 Å². The number of nitrogens with one attached hydrogen (secondary N) is 1. The van der Waals surface area contributed by atoms with E-state index in [9.17, 15) is 8.42 Å². The van der Waals surface area contributed by atoms with E-state index in [1.165, 1.54) is 25.4 Å². The summed E-state index contributed by atoms with van der Waals surface area (Å²) >= 11 is 5.71. The summed E-state index contributed by atoms with van der Waals surface area (Å²) in [6.45, 7) is 1.85. The Morgan fingerprint density at radius 2 is 2.00 bits per heavy atom. The highest BCUT2D eigenvalue weighted by Crippen LogP contribution is 2.26. The van der Waals surface area contributed by atoms with Crippen molar-refractivity contribution in [2.24, 2.45) is 0 Å². The quantitative estimate of drug-likeness (QED) is 0.942. The molecule has 1 aromatic heterocycles. The highest BCUT2D eigenvalue weighted by Gasteiger charge is 2.20. The van der Waals surface area contributed by atoms with Gasteiger partial charge in [0.1, 0.15) is 16.5 Å². The number of aryl methyl sites for hydroxylation is 1. The molecule has 0 atom stereocenters. The molecule has 1 N–H and O–H groups in total. The molecule has 0 aliphatic rings. The third-order valence-electron chi connectivity index (χ3n) is 2.57. The van der Waals surface area contributed by atoms with E-state index in [1.54, 1.807) is 18.2 Å². The highest BCUT2D eigenvalue weighted by atomic mass is 35.5. The standard InChI is InChI=1S/C13H13ClN2O3S/c1-9-3-5-12(11(7-9)19-2)20(17,18)16-13-6-4-10(14)8-15-13/h3-8H,1-2H3,(H,15,16). The molecule has 106 valence electrons. The first-order chi connectivity index (χ1) is 9.42. The zero-order chi connectivity index (χ0) is 14.8. The molecule has 20 heavy (non-hydrogen) atoms. The molecule has 0 spiro atoms. The number of ether oxygens (including phenoxy) is 1. The van der Waals surface area contributed by atoms with Crippen molar-refractivity contribution in [1.82, 2.24) is 4.98 Å². The van der Waals surface area contributed by atoms with Crippen LogP contribution in [0.2, 0.25) is 5.02 Å². The molecule has 0 bridgehead atoms. The molecule has 1 heterocycles. The molecule has 0 aliphatic heterocycles. The van der Waals surface area contributed by atoms with Gasteiger partial charge in [-0.15, -0.1) is 0 Å². The summed E-state index contributed by atoms with van der Waals surface area (Å²) in [5.74, 6) is 0.475. The van der Waals surface area contributed by atoms with Crippen LogP contribution in [0.3, 0.4) is 0 Å². The Balaban J connectivity index is 2.38. The first-order valence-corrected chi connectivity index (χ1v) is 7.57. The van der Waals surface area contributed by atoms with E-state index in [0.717, 1.165) is 5.56 Å². The van der Waals surface area contributed by atoms with Crippen LogP contribution in [0, 0.1) is 6.92 Å². The molecule has 0 aliphatic carbocycles. The van der Waals surface area contributed by atoms with Gasteiger partial charge in [-0.2, -0.15) is 0 Å². The highest BCUT2D eigenvalue weighted by molar-refractivity contribution is 7.92. The van der Waals surface area contributed by atoms with Crippen LogP contribution in [0.5, 0.6) is 5.75 Å². The average Bonchev–Trinajstić information content (AvgIpc) is 2.40. The lowest BCUT2D eigenvalue weighted by Gasteiger charge is -2.11. The van der Waals surface area contributed by atoms with E-state index in [-0.39, 0.29) is 16.5 Å². The number of pyridine rings is 1. The van der Waals surface area contributed by atoms with Crippen molar-refractivity contribution in [2.75, 3.05) is 11.8 Å². The minimum Gasteiger partial charge on any atom is -0.495 e. The van der Waals surface area contributed by atoms with E-state index in [1.807, 2.05) is 6.92 Å². The average molecular weight is 313 g/mol. The monoisotopic (exact) mass is 312 g/mol. The van der Waals surface area contributed by atoms with Gasteiger partial charge in [0.05, 0.1) is 12.1 Å². The number of methoxy groups -OCH3 is 1. The number of nitrogens with zero attached hydrogens (tertiary/aromatic N) is 1. The molecule has 7 heteroatoms. The molecule has 1 aromatic carbocycles. The Kier molecular flexibility index (Phi) is 4.15. The normalized spacial score (nSPS) is 11.2. The minimum atomic E-state index is -3.77. The number of benzene rings is 1. The number of hydrogen-bond donors (Lipinski definition) is 1. The van der Waals surface area contributed by atoms with Crippen molar-refractivity contribution in [1.29, 1.82) is 0 Å². The molecule has 5 nitrogen and oxygen atoms in total. The first kappa shape index (κ1) is 14.6. The lowest BCUT2D eigenvalue weighted by atomic mass is 10.2. The van der Waals surface area contributed by atoms with Crippen LogP contribution in [0.15, 0.2) is 41.4 Å². The second-order valence-corrected chi connectivity index (χ2v) is 6.21. The van der Waals surface area contributed by atoms with E-state index in [2.05, 4.69) is 9.71 Å². The van der Waals surface area contributed by atoms with Crippen molar-refractivity contribution >= 4 is 27.4 Å². The lowest BCUT2D eigenvalue weighted by molar-refractivity contribution is 0.402. The van der Waals surface area contributed by atoms with Gasteiger partial charge in [0, 0.05) is 6.20 Å². The van der Waals surface area contributed by atoms with E-state index in [0.29, 0.717) is 5.02 Å². The van der Waals surface area contributed by atoms with E-state index >= 15 is 0 Å². The van der Waals surface area contributed by atoms with Gasteiger partial charge in [-0.1, -0.05) is 17.7 Å². The molecule has 0 radical (unpaired) electrons. The zero-order valence-electron chi connectivity index (χ0n) is 10.9. The zero-order valence-corrected chi connectivity index (χ0v) is 12.5. The minimum absolute atomic E-state index is 0.0577. The second kappa shape index (κ2) is 5.68. The fraction of sp³-hybridized carbons (Fsp3) is 0.154.